The van der Waals surface area contributed by atoms with E-state index in [2.05, 4.69) is 17.1 Å². The number of halogens is 1. The zero-order chi connectivity index (χ0) is 15.4. The Morgan fingerprint density at radius 1 is 1.48 bits per heavy atom. The van der Waals surface area contributed by atoms with Gasteiger partial charge in [0.1, 0.15) is 5.75 Å². The lowest BCUT2D eigenvalue weighted by atomic mass is 10.0. The number of nitrogens with two attached hydrogens (primary N) is 1. The third kappa shape index (κ3) is 3.80. The molecule has 2 rings (SSSR count). The van der Waals surface area contributed by atoms with E-state index in [1.165, 1.54) is 7.11 Å². The Labute approximate surface area is 130 Å². The average Bonchev–Trinajstić information content (AvgIpc) is 2.50. The van der Waals surface area contributed by atoms with Crippen molar-refractivity contribution in [1.29, 1.82) is 0 Å². The van der Waals surface area contributed by atoms with Crippen LogP contribution in [0.1, 0.15) is 30.1 Å². The maximum Gasteiger partial charge on any atom is 0.255 e. The Hall–Kier alpha value is -1.46. The fourth-order valence-corrected chi connectivity index (χ4v) is 2.74. The SMILES string of the molecule is CCN1CCC(NC(=O)c2cc(Cl)c(N)cc2OC)CC1. The maximum atomic E-state index is 12.4. The van der Waals surface area contributed by atoms with E-state index >= 15 is 0 Å². The molecule has 6 heteroatoms. The van der Waals surface area contributed by atoms with Crippen LogP contribution < -0.4 is 15.8 Å². The van der Waals surface area contributed by atoms with Crippen molar-refractivity contribution >= 4 is 23.2 Å². The zero-order valence-electron chi connectivity index (χ0n) is 12.5. The van der Waals surface area contributed by atoms with Gasteiger partial charge in [-0.2, -0.15) is 0 Å². The van der Waals surface area contributed by atoms with Crippen LogP contribution in [0.15, 0.2) is 12.1 Å². The van der Waals surface area contributed by atoms with E-state index in [-0.39, 0.29) is 11.9 Å². The molecule has 1 aromatic rings. The van der Waals surface area contributed by atoms with Crippen LogP contribution in [0, 0.1) is 0 Å². The fraction of sp³-hybridized carbons (Fsp3) is 0.533. The molecule has 0 aromatic heterocycles. The highest BCUT2D eigenvalue weighted by atomic mass is 35.5. The molecule has 1 amide bonds. The van der Waals surface area contributed by atoms with Gasteiger partial charge in [-0.1, -0.05) is 18.5 Å². The molecule has 116 valence electrons. The molecule has 0 aliphatic carbocycles. The summed E-state index contributed by atoms with van der Waals surface area (Å²) in [7, 11) is 1.51. The number of piperidine rings is 1. The van der Waals surface area contributed by atoms with Crippen molar-refractivity contribution in [2.75, 3.05) is 32.5 Å². The van der Waals surface area contributed by atoms with Gasteiger partial charge < -0.3 is 20.7 Å². The summed E-state index contributed by atoms with van der Waals surface area (Å²) in [5.74, 6) is 0.282. The number of nitrogen functional groups attached to an aromatic ring is 1. The Balaban J connectivity index is 2.05. The monoisotopic (exact) mass is 311 g/mol. The van der Waals surface area contributed by atoms with E-state index < -0.39 is 0 Å². The molecule has 0 saturated carbocycles. The van der Waals surface area contributed by atoms with Crippen molar-refractivity contribution in [3.05, 3.63) is 22.7 Å². The normalized spacial score (nSPS) is 16.7. The molecule has 1 heterocycles. The van der Waals surface area contributed by atoms with Crippen LogP contribution >= 0.6 is 11.6 Å². The van der Waals surface area contributed by atoms with Crippen molar-refractivity contribution in [1.82, 2.24) is 10.2 Å². The minimum atomic E-state index is -0.163. The Kier molecular flexibility index (Phi) is 5.31. The molecular formula is C15H22ClN3O2. The number of anilines is 1. The van der Waals surface area contributed by atoms with E-state index in [4.69, 9.17) is 22.1 Å². The van der Waals surface area contributed by atoms with Gasteiger partial charge in [-0.3, -0.25) is 4.79 Å². The smallest absolute Gasteiger partial charge is 0.255 e. The van der Waals surface area contributed by atoms with Crippen LogP contribution in [0.2, 0.25) is 5.02 Å². The minimum absolute atomic E-state index is 0.163. The highest BCUT2D eigenvalue weighted by Gasteiger charge is 2.22. The van der Waals surface area contributed by atoms with Crippen LogP contribution in [-0.2, 0) is 0 Å². The molecule has 5 nitrogen and oxygen atoms in total. The maximum absolute atomic E-state index is 12.4. The van der Waals surface area contributed by atoms with Gasteiger partial charge in [-0.15, -0.1) is 0 Å². The first-order valence-electron chi connectivity index (χ1n) is 7.21. The molecule has 0 unspecified atom stereocenters. The first kappa shape index (κ1) is 15.9. The van der Waals surface area contributed by atoms with E-state index in [1.54, 1.807) is 12.1 Å². The number of benzene rings is 1. The molecule has 1 aliphatic rings. The number of hydrogen-bond donors (Lipinski definition) is 2. The number of nitrogens with one attached hydrogen (secondary N) is 1. The quantitative estimate of drug-likeness (QED) is 0.836. The van der Waals surface area contributed by atoms with Crippen LogP contribution in [0.3, 0.4) is 0 Å². The van der Waals surface area contributed by atoms with Gasteiger partial charge in [0.15, 0.2) is 0 Å². The lowest BCUT2D eigenvalue weighted by Gasteiger charge is -2.31. The molecule has 3 N–H and O–H groups in total. The molecule has 1 saturated heterocycles. The van der Waals surface area contributed by atoms with E-state index in [0.29, 0.717) is 22.0 Å². The summed E-state index contributed by atoms with van der Waals surface area (Å²) in [4.78, 5) is 14.8. The highest BCUT2D eigenvalue weighted by molar-refractivity contribution is 6.33. The summed E-state index contributed by atoms with van der Waals surface area (Å²) in [6, 6.07) is 3.34. The van der Waals surface area contributed by atoms with E-state index in [9.17, 15) is 4.79 Å². The molecule has 21 heavy (non-hydrogen) atoms. The number of hydrogen-bond acceptors (Lipinski definition) is 4. The lowest BCUT2D eigenvalue weighted by molar-refractivity contribution is 0.0909. The topological polar surface area (TPSA) is 67.6 Å². The van der Waals surface area contributed by atoms with Gasteiger partial charge in [0.2, 0.25) is 0 Å². The fourth-order valence-electron chi connectivity index (χ4n) is 2.57. The Morgan fingerprint density at radius 3 is 2.71 bits per heavy atom. The van der Waals surface area contributed by atoms with Gasteiger partial charge in [0, 0.05) is 25.2 Å². The van der Waals surface area contributed by atoms with Gasteiger partial charge in [0.25, 0.3) is 5.91 Å². The van der Waals surface area contributed by atoms with Gasteiger partial charge >= 0.3 is 0 Å². The number of likely N-dealkylation sites (tertiary alicyclic amines) is 1. The van der Waals surface area contributed by atoms with Crippen LogP contribution in [0.25, 0.3) is 0 Å². The van der Waals surface area contributed by atoms with Crippen LogP contribution in [0.5, 0.6) is 5.75 Å². The summed E-state index contributed by atoms with van der Waals surface area (Å²) in [5, 5.41) is 3.42. The van der Waals surface area contributed by atoms with Gasteiger partial charge in [-0.25, -0.2) is 0 Å². The van der Waals surface area contributed by atoms with Crippen molar-refractivity contribution in [2.24, 2.45) is 0 Å². The van der Waals surface area contributed by atoms with Crippen LogP contribution in [-0.4, -0.2) is 43.6 Å². The number of methoxy groups -OCH3 is 1. The molecule has 1 aromatic carbocycles. The number of nitrogens with zero attached hydrogens (tertiary/aromatic N) is 1. The number of carbonyl (C=O) groups is 1. The second kappa shape index (κ2) is 7.00. The predicted octanol–water partition coefficient (Wildman–Crippen LogP) is 2.14. The third-order valence-electron chi connectivity index (χ3n) is 3.93. The molecule has 1 aliphatic heterocycles. The standard InChI is InChI=1S/C15H22ClN3O2/c1-3-19-6-4-10(5-7-19)18-15(20)11-8-12(16)13(17)9-14(11)21-2/h8-10H,3-7,17H2,1-2H3,(H,18,20). The second-order valence-electron chi connectivity index (χ2n) is 5.26. The summed E-state index contributed by atoms with van der Waals surface area (Å²) in [5.41, 5.74) is 6.56. The minimum Gasteiger partial charge on any atom is -0.496 e. The predicted molar refractivity (Wildman–Crippen MR) is 85.0 cm³/mol. The molecule has 1 fully saturated rings. The zero-order valence-corrected chi connectivity index (χ0v) is 13.2. The number of carbonyl (C=O) groups excluding carboxylic acids is 1. The van der Waals surface area contributed by atoms with Crippen LogP contribution in [0.4, 0.5) is 5.69 Å². The largest absolute Gasteiger partial charge is 0.496 e. The molecule has 0 bridgehead atoms. The van der Waals surface area contributed by atoms with Gasteiger partial charge in [-0.05, 0) is 25.5 Å². The van der Waals surface area contributed by atoms with Gasteiger partial charge in [0.05, 0.1) is 23.4 Å². The van der Waals surface area contributed by atoms with Crippen molar-refractivity contribution < 1.29 is 9.53 Å². The number of rotatable bonds is 4. The summed E-state index contributed by atoms with van der Waals surface area (Å²) >= 11 is 6.00. The van der Waals surface area contributed by atoms with Crippen molar-refractivity contribution in [3.63, 3.8) is 0 Å². The molecular weight excluding hydrogens is 290 g/mol. The first-order valence-corrected chi connectivity index (χ1v) is 7.59. The summed E-state index contributed by atoms with van der Waals surface area (Å²) in [6.07, 6.45) is 1.93. The molecule has 0 atom stereocenters. The van der Waals surface area contributed by atoms with E-state index in [1.807, 2.05) is 0 Å². The molecule has 0 radical (unpaired) electrons. The summed E-state index contributed by atoms with van der Waals surface area (Å²) < 4.78 is 5.22. The van der Waals surface area contributed by atoms with E-state index in [0.717, 1.165) is 32.5 Å². The molecule has 0 spiro atoms. The second-order valence-corrected chi connectivity index (χ2v) is 5.66. The summed E-state index contributed by atoms with van der Waals surface area (Å²) in [6.45, 7) is 5.24. The third-order valence-corrected chi connectivity index (χ3v) is 4.26. The number of amides is 1. The Bertz CT molecular complexity index is 514. The van der Waals surface area contributed by atoms with Crippen molar-refractivity contribution in [2.45, 2.75) is 25.8 Å². The Morgan fingerprint density at radius 2 is 2.14 bits per heavy atom. The lowest BCUT2D eigenvalue weighted by Crippen LogP contribution is -2.44. The first-order chi connectivity index (χ1) is 10.0. The number of ether oxygens (including phenoxy) is 1. The van der Waals surface area contributed by atoms with Crippen molar-refractivity contribution in [3.8, 4) is 5.75 Å². The average molecular weight is 312 g/mol. The highest BCUT2D eigenvalue weighted by Crippen LogP contribution is 2.29.